The number of hydrogen-bond donors (Lipinski definition) is 2. The molecule has 1 aromatic carbocycles. The number of aliphatic hydroxyl groups excluding tert-OH is 1. The van der Waals surface area contributed by atoms with E-state index in [0.29, 0.717) is 11.6 Å². The van der Waals surface area contributed by atoms with E-state index in [1.54, 1.807) is 0 Å². The van der Waals surface area contributed by atoms with Gasteiger partial charge in [0.25, 0.3) is 5.91 Å². The zero-order valence-corrected chi connectivity index (χ0v) is 19.3. The molecule has 1 saturated heterocycles. The van der Waals surface area contributed by atoms with Crippen LogP contribution in [-0.4, -0.2) is 45.5 Å². The summed E-state index contributed by atoms with van der Waals surface area (Å²) in [6.45, 7) is 1.89. The molecule has 3 heterocycles. The second kappa shape index (κ2) is 9.49. The van der Waals surface area contributed by atoms with Gasteiger partial charge < -0.3 is 15.3 Å². The molecular weight excluding hydrogens is 459 g/mol. The van der Waals surface area contributed by atoms with Crippen LogP contribution in [0.5, 0.6) is 0 Å². The third-order valence-corrected chi connectivity index (χ3v) is 7.06. The Balaban J connectivity index is 1.45. The van der Waals surface area contributed by atoms with Crippen molar-refractivity contribution in [2.45, 2.75) is 50.7 Å². The molecule has 3 aromatic rings. The second-order valence-electron chi connectivity index (χ2n) is 9.45. The van der Waals surface area contributed by atoms with Gasteiger partial charge in [-0.1, -0.05) is 6.07 Å². The highest BCUT2D eigenvalue weighted by atomic mass is 19.4. The van der Waals surface area contributed by atoms with Gasteiger partial charge in [-0.3, -0.25) is 9.48 Å². The highest BCUT2D eigenvalue weighted by Crippen LogP contribution is 2.36. The highest BCUT2D eigenvalue weighted by Gasteiger charge is 2.33. The fourth-order valence-corrected chi connectivity index (χ4v) is 5.08. The van der Waals surface area contributed by atoms with Gasteiger partial charge in [-0.25, -0.2) is 4.98 Å². The van der Waals surface area contributed by atoms with Crippen molar-refractivity contribution in [1.29, 1.82) is 0 Å². The van der Waals surface area contributed by atoms with Crippen molar-refractivity contribution in [3.63, 3.8) is 0 Å². The Morgan fingerprint density at radius 3 is 2.54 bits per heavy atom. The SMILES string of the molecule is O=C(Nc1cc2cn(C3CCC(CO)CC3)nc2cc1N1CCCC1)c1cccc(C(F)(F)F)n1. The normalized spacial score (nSPS) is 21.0. The summed E-state index contributed by atoms with van der Waals surface area (Å²) in [7, 11) is 0. The highest BCUT2D eigenvalue weighted by molar-refractivity contribution is 6.06. The monoisotopic (exact) mass is 487 g/mol. The van der Waals surface area contributed by atoms with Crippen molar-refractivity contribution in [1.82, 2.24) is 14.8 Å². The molecule has 7 nitrogen and oxygen atoms in total. The van der Waals surface area contributed by atoms with Gasteiger partial charge in [0.05, 0.1) is 22.9 Å². The van der Waals surface area contributed by atoms with Crippen LogP contribution in [0, 0.1) is 5.92 Å². The Morgan fingerprint density at radius 1 is 1.11 bits per heavy atom. The number of anilines is 2. The standard InChI is InChI=1S/C25H28F3N5O2/c26-25(27,28)23-5-3-4-19(29-23)24(35)30-21-12-17-14-33(18-8-6-16(15-34)7-9-18)31-20(17)13-22(21)32-10-1-2-11-32/h3-5,12-14,16,18,34H,1-2,6-11,15H2,(H,30,35). The minimum atomic E-state index is -4.62. The number of benzene rings is 1. The minimum Gasteiger partial charge on any atom is -0.396 e. The first-order valence-corrected chi connectivity index (χ1v) is 12.1. The number of halogens is 3. The second-order valence-corrected chi connectivity index (χ2v) is 9.45. The van der Waals surface area contributed by atoms with E-state index in [-0.39, 0.29) is 18.3 Å². The lowest BCUT2D eigenvalue weighted by Gasteiger charge is -2.27. The van der Waals surface area contributed by atoms with Crippen molar-refractivity contribution >= 4 is 28.2 Å². The predicted octanol–water partition coefficient (Wildman–Crippen LogP) is 5.03. The number of amides is 1. The number of aliphatic hydroxyl groups is 1. The van der Waals surface area contributed by atoms with Crippen molar-refractivity contribution in [2.75, 3.05) is 29.9 Å². The topological polar surface area (TPSA) is 83.3 Å². The van der Waals surface area contributed by atoms with Crippen molar-refractivity contribution in [3.05, 3.63) is 47.9 Å². The van der Waals surface area contributed by atoms with Crippen LogP contribution in [0.1, 0.15) is 60.7 Å². The van der Waals surface area contributed by atoms with Crippen molar-refractivity contribution < 1.29 is 23.1 Å². The summed E-state index contributed by atoms with van der Waals surface area (Å²) in [6, 6.07) is 7.36. The number of pyridine rings is 1. The van der Waals surface area contributed by atoms with Crippen LogP contribution in [0.2, 0.25) is 0 Å². The van der Waals surface area contributed by atoms with E-state index in [4.69, 9.17) is 5.10 Å². The molecule has 1 aliphatic heterocycles. The molecule has 10 heteroatoms. The molecule has 0 bridgehead atoms. The number of aromatic nitrogens is 3. The number of carbonyl (C=O) groups is 1. The van der Waals surface area contributed by atoms with E-state index < -0.39 is 17.8 Å². The zero-order chi connectivity index (χ0) is 24.6. The van der Waals surface area contributed by atoms with Gasteiger partial charge in [0.2, 0.25) is 0 Å². The molecule has 2 N–H and O–H groups in total. The summed E-state index contributed by atoms with van der Waals surface area (Å²) in [6.07, 6.45) is 3.22. The number of alkyl halides is 3. The minimum absolute atomic E-state index is 0.219. The molecule has 0 unspecified atom stereocenters. The molecule has 1 saturated carbocycles. The van der Waals surface area contributed by atoms with E-state index in [2.05, 4.69) is 15.2 Å². The number of hydrogen-bond acceptors (Lipinski definition) is 5. The van der Waals surface area contributed by atoms with Gasteiger partial charge in [0.15, 0.2) is 0 Å². The first-order chi connectivity index (χ1) is 16.8. The van der Waals surface area contributed by atoms with Gasteiger partial charge in [0, 0.05) is 31.3 Å². The van der Waals surface area contributed by atoms with Gasteiger partial charge in [0.1, 0.15) is 11.4 Å². The Labute approximate surface area is 200 Å². The molecule has 2 aromatic heterocycles. The Kier molecular flexibility index (Phi) is 6.39. The first kappa shape index (κ1) is 23.6. The maximum absolute atomic E-state index is 13.1. The molecule has 1 aliphatic carbocycles. The van der Waals surface area contributed by atoms with Crippen LogP contribution in [0.3, 0.4) is 0 Å². The zero-order valence-electron chi connectivity index (χ0n) is 19.3. The summed E-state index contributed by atoms with van der Waals surface area (Å²) in [5, 5.41) is 17.9. The smallest absolute Gasteiger partial charge is 0.396 e. The fourth-order valence-electron chi connectivity index (χ4n) is 5.08. The lowest BCUT2D eigenvalue weighted by Crippen LogP contribution is -2.22. The summed E-state index contributed by atoms with van der Waals surface area (Å²) in [5.41, 5.74) is 0.768. The van der Waals surface area contributed by atoms with E-state index in [1.165, 1.54) is 12.1 Å². The maximum Gasteiger partial charge on any atom is 0.433 e. The number of fused-ring (bicyclic) bond motifs is 1. The largest absolute Gasteiger partial charge is 0.433 e. The lowest BCUT2D eigenvalue weighted by molar-refractivity contribution is -0.141. The maximum atomic E-state index is 13.1. The number of nitrogens with one attached hydrogen (secondary N) is 1. The number of nitrogens with zero attached hydrogens (tertiary/aromatic N) is 4. The van der Waals surface area contributed by atoms with E-state index in [1.807, 2.05) is 23.0 Å². The third-order valence-electron chi connectivity index (χ3n) is 7.06. The van der Waals surface area contributed by atoms with Gasteiger partial charge in [-0.2, -0.15) is 18.3 Å². The van der Waals surface area contributed by atoms with Crippen LogP contribution >= 0.6 is 0 Å². The molecular formula is C25H28F3N5O2. The molecule has 0 atom stereocenters. The molecule has 186 valence electrons. The summed E-state index contributed by atoms with van der Waals surface area (Å²) in [5.74, 6) is -0.338. The summed E-state index contributed by atoms with van der Waals surface area (Å²) >= 11 is 0. The Bertz CT molecular complexity index is 1210. The van der Waals surface area contributed by atoms with E-state index in [0.717, 1.165) is 74.3 Å². The average Bonchev–Trinajstić information content (AvgIpc) is 3.53. The lowest BCUT2D eigenvalue weighted by atomic mass is 9.87. The Hall–Kier alpha value is -3.14. The van der Waals surface area contributed by atoms with Gasteiger partial charge >= 0.3 is 6.18 Å². The molecule has 0 spiro atoms. The third kappa shape index (κ3) is 4.98. The van der Waals surface area contributed by atoms with Crippen LogP contribution in [0.25, 0.3) is 10.9 Å². The average molecular weight is 488 g/mol. The van der Waals surface area contributed by atoms with Crippen LogP contribution in [-0.2, 0) is 6.18 Å². The quantitative estimate of drug-likeness (QED) is 0.528. The predicted molar refractivity (Wildman–Crippen MR) is 126 cm³/mol. The summed E-state index contributed by atoms with van der Waals surface area (Å²) < 4.78 is 41.2. The van der Waals surface area contributed by atoms with Crippen LogP contribution in [0.15, 0.2) is 36.5 Å². The van der Waals surface area contributed by atoms with Gasteiger partial charge in [-0.15, -0.1) is 0 Å². The molecule has 35 heavy (non-hydrogen) atoms. The fraction of sp³-hybridized carbons (Fsp3) is 0.480. The number of rotatable bonds is 5. The van der Waals surface area contributed by atoms with E-state index >= 15 is 0 Å². The molecule has 1 amide bonds. The van der Waals surface area contributed by atoms with Crippen molar-refractivity contribution in [3.8, 4) is 0 Å². The van der Waals surface area contributed by atoms with Crippen LogP contribution in [0.4, 0.5) is 24.5 Å². The molecule has 0 radical (unpaired) electrons. The van der Waals surface area contributed by atoms with E-state index in [9.17, 15) is 23.1 Å². The Morgan fingerprint density at radius 2 is 1.86 bits per heavy atom. The van der Waals surface area contributed by atoms with Crippen molar-refractivity contribution in [2.24, 2.45) is 5.92 Å². The molecule has 2 fully saturated rings. The number of carbonyl (C=O) groups excluding carboxylic acids is 1. The van der Waals surface area contributed by atoms with Crippen LogP contribution < -0.4 is 10.2 Å². The summed E-state index contributed by atoms with van der Waals surface area (Å²) in [4.78, 5) is 18.6. The molecule has 5 rings (SSSR count). The first-order valence-electron chi connectivity index (χ1n) is 12.1. The molecule has 2 aliphatic rings. The van der Waals surface area contributed by atoms with Gasteiger partial charge in [-0.05, 0) is 68.7 Å².